The Morgan fingerprint density at radius 2 is 1.81 bits per heavy atom. The molecular weight excluding hydrogens is 264 g/mol. The molecule has 0 unspecified atom stereocenters. The first-order valence-corrected chi connectivity index (χ1v) is 6.65. The van der Waals surface area contributed by atoms with Crippen molar-refractivity contribution >= 4 is 11.6 Å². The second kappa shape index (κ2) is 6.05. The lowest BCUT2D eigenvalue weighted by molar-refractivity contribution is -0.114. The molecule has 0 aromatic heterocycles. The minimum Gasteiger partial charge on any atom is -0.463 e. The molecular formula is C17H14N2O2. The summed E-state index contributed by atoms with van der Waals surface area (Å²) in [4.78, 5) is 16.5. The van der Waals surface area contributed by atoms with Gasteiger partial charge < -0.3 is 10.1 Å². The fraction of sp³-hybridized carbons (Fsp3) is 0.0588. The third-order valence-electron chi connectivity index (χ3n) is 3.11. The molecule has 1 heterocycles. The highest BCUT2D eigenvalue weighted by atomic mass is 16.5. The smallest absolute Gasteiger partial charge is 0.270 e. The Kier molecular flexibility index (Phi) is 3.78. The molecule has 0 atom stereocenters. The lowest BCUT2D eigenvalue weighted by atomic mass is 10.1. The van der Waals surface area contributed by atoms with E-state index >= 15 is 0 Å². The zero-order valence-electron chi connectivity index (χ0n) is 11.3. The summed E-state index contributed by atoms with van der Waals surface area (Å²) >= 11 is 0. The van der Waals surface area contributed by atoms with Crippen LogP contribution in [-0.2, 0) is 11.3 Å². The molecule has 0 fully saturated rings. The predicted molar refractivity (Wildman–Crippen MR) is 81.0 cm³/mol. The Labute approximate surface area is 122 Å². The van der Waals surface area contributed by atoms with E-state index in [1.165, 1.54) is 12.5 Å². The van der Waals surface area contributed by atoms with E-state index in [0.717, 1.165) is 5.56 Å². The lowest BCUT2D eigenvalue weighted by Crippen LogP contribution is -2.31. The van der Waals surface area contributed by atoms with Gasteiger partial charge >= 0.3 is 0 Å². The van der Waals surface area contributed by atoms with Crippen molar-refractivity contribution in [2.75, 3.05) is 0 Å². The molecule has 4 heteroatoms. The third-order valence-corrected chi connectivity index (χ3v) is 3.11. The standard InChI is InChI=1S/C17H14N2O2/c20-17(19-12-13-6-2-1-3-7-13)16-14-8-4-5-9-15(14)21-11-10-18-16/h1-11H,12H2,(H,19,20). The molecule has 2 aromatic carbocycles. The van der Waals surface area contributed by atoms with Crippen molar-refractivity contribution in [3.63, 3.8) is 0 Å². The van der Waals surface area contributed by atoms with Gasteiger partial charge in [0.05, 0.1) is 6.20 Å². The van der Waals surface area contributed by atoms with Crippen LogP contribution in [0.5, 0.6) is 5.75 Å². The Bertz CT molecular complexity index is 706. The van der Waals surface area contributed by atoms with E-state index in [9.17, 15) is 4.79 Å². The number of fused-ring (bicyclic) bond motifs is 1. The summed E-state index contributed by atoms with van der Waals surface area (Å²) in [5, 5.41) is 2.88. The number of carbonyl (C=O) groups excluding carboxylic acids is 1. The second-order valence-electron chi connectivity index (χ2n) is 4.55. The molecule has 2 aromatic rings. The molecule has 4 nitrogen and oxygen atoms in total. The number of aliphatic imine (C=N–C) groups is 1. The third kappa shape index (κ3) is 3.00. The maximum Gasteiger partial charge on any atom is 0.270 e. The van der Waals surface area contributed by atoms with Crippen molar-refractivity contribution in [1.29, 1.82) is 0 Å². The summed E-state index contributed by atoms with van der Waals surface area (Å²) in [6.45, 7) is 0.464. The predicted octanol–water partition coefficient (Wildman–Crippen LogP) is 2.66. The maximum absolute atomic E-state index is 12.4. The molecule has 1 aliphatic heterocycles. The van der Waals surface area contributed by atoms with E-state index in [2.05, 4.69) is 10.3 Å². The highest BCUT2D eigenvalue weighted by molar-refractivity contribution is 6.46. The number of ether oxygens (including phenoxy) is 1. The van der Waals surface area contributed by atoms with Crippen LogP contribution in [0.4, 0.5) is 0 Å². The topological polar surface area (TPSA) is 50.7 Å². The monoisotopic (exact) mass is 278 g/mol. The second-order valence-corrected chi connectivity index (χ2v) is 4.55. The zero-order chi connectivity index (χ0) is 14.5. The minimum atomic E-state index is -0.221. The van der Waals surface area contributed by atoms with Crippen LogP contribution in [0.15, 0.2) is 72.1 Å². The van der Waals surface area contributed by atoms with Gasteiger partial charge in [-0.3, -0.25) is 4.79 Å². The van der Waals surface area contributed by atoms with Gasteiger partial charge in [0.1, 0.15) is 17.7 Å². The highest BCUT2D eigenvalue weighted by Crippen LogP contribution is 2.21. The summed E-state index contributed by atoms with van der Waals surface area (Å²) in [5.41, 5.74) is 2.09. The highest BCUT2D eigenvalue weighted by Gasteiger charge is 2.18. The van der Waals surface area contributed by atoms with E-state index in [1.807, 2.05) is 54.6 Å². The lowest BCUT2D eigenvalue weighted by Gasteiger charge is -2.09. The van der Waals surface area contributed by atoms with Crippen molar-refractivity contribution in [1.82, 2.24) is 5.32 Å². The number of carbonyl (C=O) groups is 1. The number of nitrogens with zero attached hydrogens (tertiary/aromatic N) is 1. The van der Waals surface area contributed by atoms with Crippen molar-refractivity contribution < 1.29 is 9.53 Å². The van der Waals surface area contributed by atoms with E-state index in [-0.39, 0.29) is 5.91 Å². The number of hydrogen-bond donors (Lipinski definition) is 1. The van der Waals surface area contributed by atoms with E-state index in [1.54, 1.807) is 0 Å². The largest absolute Gasteiger partial charge is 0.463 e. The molecule has 1 amide bonds. The van der Waals surface area contributed by atoms with Crippen LogP contribution in [-0.4, -0.2) is 11.6 Å². The quantitative estimate of drug-likeness (QED) is 0.938. The fourth-order valence-electron chi connectivity index (χ4n) is 2.09. The van der Waals surface area contributed by atoms with Crippen molar-refractivity contribution in [2.45, 2.75) is 6.54 Å². The molecule has 0 spiro atoms. The Morgan fingerprint density at radius 3 is 2.67 bits per heavy atom. The zero-order valence-corrected chi connectivity index (χ0v) is 11.3. The van der Waals surface area contributed by atoms with Crippen LogP contribution in [0.2, 0.25) is 0 Å². The maximum atomic E-state index is 12.4. The SMILES string of the molecule is O=C(NCc1ccccc1)C1=NC=COc2ccccc21. The van der Waals surface area contributed by atoms with Gasteiger partial charge in [-0.05, 0) is 17.7 Å². The van der Waals surface area contributed by atoms with Crippen molar-refractivity contribution in [3.8, 4) is 5.75 Å². The van der Waals surface area contributed by atoms with E-state index in [4.69, 9.17) is 4.74 Å². The van der Waals surface area contributed by atoms with Gasteiger partial charge in [-0.2, -0.15) is 0 Å². The Morgan fingerprint density at radius 1 is 1.05 bits per heavy atom. The van der Waals surface area contributed by atoms with Gasteiger partial charge in [0, 0.05) is 12.1 Å². The summed E-state index contributed by atoms with van der Waals surface area (Å²) in [6, 6.07) is 17.1. The van der Waals surface area contributed by atoms with Gasteiger partial charge in [0.2, 0.25) is 0 Å². The molecule has 21 heavy (non-hydrogen) atoms. The van der Waals surface area contributed by atoms with Crippen LogP contribution in [0.3, 0.4) is 0 Å². The molecule has 0 saturated heterocycles. The first-order chi connectivity index (χ1) is 10.3. The first-order valence-electron chi connectivity index (χ1n) is 6.65. The number of rotatable bonds is 3. The summed E-state index contributed by atoms with van der Waals surface area (Å²) < 4.78 is 5.42. The average Bonchev–Trinajstić information content (AvgIpc) is 2.76. The fourth-order valence-corrected chi connectivity index (χ4v) is 2.09. The number of benzene rings is 2. The Hall–Kier alpha value is -2.88. The molecule has 0 radical (unpaired) electrons. The number of hydrogen-bond acceptors (Lipinski definition) is 3. The number of amides is 1. The number of para-hydroxylation sites is 1. The summed E-state index contributed by atoms with van der Waals surface area (Å²) in [6.07, 6.45) is 2.95. The average molecular weight is 278 g/mol. The summed E-state index contributed by atoms with van der Waals surface area (Å²) in [7, 11) is 0. The van der Waals surface area contributed by atoms with Crippen LogP contribution >= 0.6 is 0 Å². The molecule has 1 aliphatic rings. The normalized spacial score (nSPS) is 12.7. The van der Waals surface area contributed by atoms with Crippen molar-refractivity contribution in [3.05, 3.63) is 78.2 Å². The van der Waals surface area contributed by atoms with Gasteiger partial charge in [0.15, 0.2) is 0 Å². The van der Waals surface area contributed by atoms with Crippen molar-refractivity contribution in [2.24, 2.45) is 4.99 Å². The minimum absolute atomic E-state index is 0.221. The van der Waals surface area contributed by atoms with E-state index < -0.39 is 0 Å². The molecule has 0 aliphatic carbocycles. The van der Waals surface area contributed by atoms with Crippen LogP contribution in [0.1, 0.15) is 11.1 Å². The Balaban J connectivity index is 1.78. The van der Waals surface area contributed by atoms with Gasteiger partial charge in [-0.25, -0.2) is 4.99 Å². The molecule has 0 bridgehead atoms. The molecule has 1 N–H and O–H groups in total. The van der Waals surface area contributed by atoms with Crippen LogP contribution in [0, 0.1) is 0 Å². The molecule has 3 rings (SSSR count). The van der Waals surface area contributed by atoms with Gasteiger partial charge in [0.25, 0.3) is 5.91 Å². The van der Waals surface area contributed by atoms with Crippen LogP contribution in [0.25, 0.3) is 0 Å². The first kappa shape index (κ1) is 13.1. The van der Waals surface area contributed by atoms with Gasteiger partial charge in [-0.1, -0.05) is 42.5 Å². The van der Waals surface area contributed by atoms with E-state index in [0.29, 0.717) is 23.6 Å². The number of nitrogens with one attached hydrogen (secondary N) is 1. The summed E-state index contributed by atoms with van der Waals surface area (Å²) in [5.74, 6) is 0.404. The molecule has 104 valence electrons. The van der Waals surface area contributed by atoms with Crippen LogP contribution < -0.4 is 10.1 Å². The van der Waals surface area contributed by atoms with Gasteiger partial charge in [-0.15, -0.1) is 0 Å². The molecule has 0 saturated carbocycles.